The molecule has 0 spiro atoms. The molecule has 0 fully saturated rings. The van der Waals surface area contributed by atoms with Gasteiger partial charge in [0.15, 0.2) is 0 Å². The first kappa shape index (κ1) is 7.39. The van der Waals surface area contributed by atoms with Crippen LogP contribution in [0.5, 0.6) is 0 Å². The van der Waals surface area contributed by atoms with Gasteiger partial charge in [0, 0.05) is 6.20 Å². The Balaban J connectivity index is 2.65. The normalized spacial score (nSPS) is 18.1. The minimum Gasteiger partial charge on any atom is -0.368 e. The van der Waals surface area contributed by atoms with Crippen molar-refractivity contribution in [3.63, 3.8) is 0 Å². The number of allylic oxidation sites excluding steroid dienone is 2. The maximum absolute atomic E-state index is 3.10. The topological polar surface area (TPSA) is 12.0 Å². The molecule has 0 saturated carbocycles. The fourth-order valence-corrected chi connectivity index (χ4v) is 0.984. The van der Waals surface area contributed by atoms with E-state index in [1.54, 1.807) is 0 Å². The molecule has 0 atom stereocenters. The Morgan fingerprint density at radius 1 is 1.40 bits per heavy atom. The summed E-state index contributed by atoms with van der Waals surface area (Å²) in [5.74, 6) is 0. The molecule has 0 aliphatic carbocycles. The van der Waals surface area contributed by atoms with Gasteiger partial charge in [-0.05, 0) is 23.6 Å². The predicted octanol–water partition coefficient (Wildman–Crippen LogP) is 2.42. The molecule has 1 heteroatoms. The van der Waals surface area contributed by atoms with Crippen molar-refractivity contribution in [1.29, 1.82) is 0 Å². The van der Waals surface area contributed by atoms with Gasteiger partial charge < -0.3 is 5.32 Å². The van der Waals surface area contributed by atoms with Crippen LogP contribution in [0.1, 0.15) is 27.2 Å². The number of nitrogens with one attached hydrogen (secondary N) is 1. The number of hydrogen-bond donors (Lipinski definition) is 1. The van der Waals surface area contributed by atoms with Gasteiger partial charge in [0.2, 0.25) is 0 Å². The van der Waals surface area contributed by atoms with Crippen LogP contribution in [0, 0.1) is 5.41 Å². The van der Waals surface area contributed by atoms with E-state index in [2.05, 4.69) is 38.4 Å². The van der Waals surface area contributed by atoms with Gasteiger partial charge in [-0.3, -0.25) is 0 Å². The standard InChI is InChI=1S/C9H15N/c1-9(2,3)8-5-4-6-10-7-8/h4,6-7,10H,5H2,1-3H3. The molecular weight excluding hydrogens is 122 g/mol. The lowest BCUT2D eigenvalue weighted by Gasteiger charge is -2.23. The summed E-state index contributed by atoms with van der Waals surface area (Å²) >= 11 is 0. The Hall–Kier alpha value is -0.720. The van der Waals surface area contributed by atoms with Crippen molar-refractivity contribution in [3.05, 3.63) is 24.0 Å². The smallest absolute Gasteiger partial charge is 0.000474 e. The molecule has 0 bridgehead atoms. The maximum Gasteiger partial charge on any atom is 0.000474 e. The molecule has 0 aromatic carbocycles. The van der Waals surface area contributed by atoms with Gasteiger partial charge in [0.1, 0.15) is 0 Å². The van der Waals surface area contributed by atoms with Gasteiger partial charge in [-0.25, -0.2) is 0 Å². The van der Waals surface area contributed by atoms with Crippen molar-refractivity contribution in [3.8, 4) is 0 Å². The summed E-state index contributed by atoms with van der Waals surface area (Å²) < 4.78 is 0. The predicted molar refractivity (Wildman–Crippen MR) is 44.4 cm³/mol. The molecule has 0 aromatic heterocycles. The van der Waals surface area contributed by atoms with Crippen LogP contribution in [0.15, 0.2) is 24.0 Å². The first-order chi connectivity index (χ1) is 4.61. The first-order valence-corrected chi connectivity index (χ1v) is 3.71. The van der Waals surface area contributed by atoms with Gasteiger partial charge in [-0.15, -0.1) is 0 Å². The van der Waals surface area contributed by atoms with Gasteiger partial charge in [-0.1, -0.05) is 26.8 Å². The van der Waals surface area contributed by atoms with Crippen LogP contribution in [0.25, 0.3) is 0 Å². The summed E-state index contributed by atoms with van der Waals surface area (Å²) in [6.07, 6.45) is 7.33. The summed E-state index contributed by atoms with van der Waals surface area (Å²) in [5, 5.41) is 3.10. The molecule has 0 amide bonds. The van der Waals surface area contributed by atoms with E-state index in [0.29, 0.717) is 5.41 Å². The van der Waals surface area contributed by atoms with Gasteiger partial charge >= 0.3 is 0 Å². The van der Waals surface area contributed by atoms with Crippen molar-refractivity contribution in [2.75, 3.05) is 0 Å². The number of rotatable bonds is 0. The van der Waals surface area contributed by atoms with Crippen LogP contribution in [0.3, 0.4) is 0 Å². The Bertz CT molecular complexity index is 170. The zero-order valence-electron chi connectivity index (χ0n) is 6.94. The average Bonchev–Trinajstić information content (AvgIpc) is 1.88. The molecule has 0 radical (unpaired) electrons. The molecular formula is C9H15N. The SMILES string of the molecule is CC(C)(C)C1=CNC=CC1. The Labute approximate surface area is 62.8 Å². The monoisotopic (exact) mass is 137 g/mol. The molecule has 1 aliphatic heterocycles. The first-order valence-electron chi connectivity index (χ1n) is 3.71. The summed E-state index contributed by atoms with van der Waals surface area (Å²) in [6, 6.07) is 0. The molecule has 56 valence electrons. The van der Waals surface area contributed by atoms with Crippen LogP contribution >= 0.6 is 0 Å². The Morgan fingerprint density at radius 3 is 2.40 bits per heavy atom. The van der Waals surface area contributed by atoms with Gasteiger partial charge in [0.25, 0.3) is 0 Å². The maximum atomic E-state index is 3.10. The third kappa shape index (κ3) is 1.63. The Kier molecular flexibility index (Phi) is 1.84. The lowest BCUT2D eigenvalue weighted by atomic mass is 9.84. The summed E-state index contributed by atoms with van der Waals surface area (Å²) in [7, 11) is 0. The molecule has 1 rings (SSSR count). The zero-order chi connectivity index (χ0) is 7.61. The highest BCUT2D eigenvalue weighted by Crippen LogP contribution is 2.28. The van der Waals surface area contributed by atoms with E-state index in [4.69, 9.17) is 0 Å². The van der Waals surface area contributed by atoms with Gasteiger partial charge in [0.05, 0.1) is 0 Å². The van der Waals surface area contributed by atoms with Crippen molar-refractivity contribution in [2.24, 2.45) is 5.41 Å². The molecule has 0 unspecified atom stereocenters. The lowest BCUT2D eigenvalue weighted by Crippen LogP contribution is -2.14. The van der Waals surface area contributed by atoms with Crippen molar-refractivity contribution < 1.29 is 0 Å². The third-order valence-electron chi connectivity index (χ3n) is 1.77. The van der Waals surface area contributed by atoms with Gasteiger partial charge in [-0.2, -0.15) is 0 Å². The van der Waals surface area contributed by atoms with Crippen molar-refractivity contribution >= 4 is 0 Å². The third-order valence-corrected chi connectivity index (χ3v) is 1.77. The number of dihydropyridines is 1. The van der Waals surface area contributed by atoms with Crippen LogP contribution in [0.2, 0.25) is 0 Å². The highest BCUT2D eigenvalue weighted by Gasteiger charge is 2.16. The lowest BCUT2D eigenvalue weighted by molar-refractivity contribution is 0.488. The summed E-state index contributed by atoms with van der Waals surface area (Å²) in [4.78, 5) is 0. The quantitative estimate of drug-likeness (QED) is 0.540. The summed E-state index contributed by atoms with van der Waals surface area (Å²) in [6.45, 7) is 6.71. The van der Waals surface area contributed by atoms with Crippen molar-refractivity contribution in [1.82, 2.24) is 5.32 Å². The minimum absolute atomic E-state index is 0.317. The van der Waals surface area contributed by atoms with E-state index >= 15 is 0 Å². The minimum atomic E-state index is 0.317. The highest BCUT2D eigenvalue weighted by molar-refractivity contribution is 5.18. The second-order valence-corrected chi connectivity index (χ2v) is 3.69. The van der Waals surface area contributed by atoms with E-state index in [-0.39, 0.29) is 0 Å². The second-order valence-electron chi connectivity index (χ2n) is 3.69. The van der Waals surface area contributed by atoms with E-state index in [0.717, 1.165) is 6.42 Å². The molecule has 0 aromatic rings. The van der Waals surface area contributed by atoms with Crippen LogP contribution in [-0.2, 0) is 0 Å². The van der Waals surface area contributed by atoms with Crippen LogP contribution < -0.4 is 5.32 Å². The van der Waals surface area contributed by atoms with Crippen molar-refractivity contribution in [2.45, 2.75) is 27.2 Å². The molecule has 0 saturated heterocycles. The molecule has 1 N–H and O–H groups in total. The highest BCUT2D eigenvalue weighted by atomic mass is 14.8. The molecule has 10 heavy (non-hydrogen) atoms. The number of hydrogen-bond acceptors (Lipinski definition) is 1. The van der Waals surface area contributed by atoms with E-state index in [1.807, 2.05) is 6.20 Å². The fourth-order valence-electron chi connectivity index (χ4n) is 0.984. The Morgan fingerprint density at radius 2 is 2.10 bits per heavy atom. The summed E-state index contributed by atoms with van der Waals surface area (Å²) in [5.41, 5.74) is 1.78. The van der Waals surface area contributed by atoms with E-state index in [1.165, 1.54) is 5.57 Å². The average molecular weight is 137 g/mol. The molecule has 1 nitrogen and oxygen atoms in total. The molecule has 1 aliphatic rings. The fraction of sp³-hybridized carbons (Fsp3) is 0.556. The van der Waals surface area contributed by atoms with Crippen LogP contribution in [0.4, 0.5) is 0 Å². The largest absolute Gasteiger partial charge is 0.368 e. The van der Waals surface area contributed by atoms with E-state index in [9.17, 15) is 0 Å². The molecule has 1 heterocycles. The van der Waals surface area contributed by atoms with Crippen LogP contribution in [-0.4, -0.2) is 0 Å². The second kappa shape index (κ2) is 2.49. The van der Waals surface area contributed by atoms with E-state index < -0.39 is 0 Å². The zero-order valence-corrected chi connectivity index (χ0v) is 6.94.